The Labute approximate surface area is 140 Å². The van der Waals surface area contributed by atoms with Gasteiger partial charge in [-0.3, -0.25) is 9.89 Å². The number of carbonyl (C=O) groups is 1. The third-order valence-corrected chi connectivity index (χ3v) is 4.72. The van der Waals surface area contributed by atoms with Crippen molar-refractivity contribution in [2.75, 3.05) is 6.54 Å². The van der Waals surface area contributed by atoms with Gasteiger partial charge in [0.05, 0.1) is 22.8 Å². The van der Waals surface area contributed by atoms with Gasteiger partial charge in [0.2, 0.25) is 5.91 Å². The maximum atomic E-state index is 12.7. The number of carbonyl (C=O) groups excluding carboxylic acids is 1. The summed E-state index contributed by atoms with van der Waals surface area (Å²) in [5.41, 5.74) is 3.01. The number of fused-ring (bicyclic) bond motifs is 1. The molecule has 2 N–H and O–H groups in total. The minimum absolute atomic E-state index is 0.129. The number of aromatic nitrogens is 4. The Bertz CT molecular complexity index is 790. The lowest BCUT2D eigenvalue weighted by Gasteiger charge is -2.35. The van der Waals surface area contributed by atoms with Gasteiger partial charge in [-0.25, -0.2) is 4.98 Å². The van der Waals surface area contributed by atoms with Crippen molar-refractivity contribution in [1.82, 2.24) is 25.1 Å². The van der Waals surface area contributed by atoms with E-state index >= 15 is 0 Å². The van der Waals surface area contributed by atoms with Crippen LogP contribution in [-0.4, -0.2) is 37.5 Å². The summed E-state index contributed by atoms with van der Waals surface area (Å²) in [6.45, 7) is 0.822. The van der Waals surface area contributed by atoms with Crippen molar-refractivity contribution in [2.24, 2.45) is 0 Å². The van der Waals surface area contributed by atoms with Gasteiger partial charge >= 0.3 is 0 Å². The number of H-pyrrole nitrogens is 2. The molecule has 3 heterocycles. The smallest absolute Gasteiger partial charge is 0.223 e. The molecule has 1 atom stereocenters. The third-order valence-electron chi connectivity index (χ3n) is 4.72. The first-order valence-corrected chi connectivity index (χ1v) is 8.53. The summed E-state index contributed by atoms with van der Waals surface area (Å²) in [5.74, 6) is 1.06. The van der Waals surface area contributed by atoms with Crippen LogP contribution in [0.5, 0.6) is 0 Å². The minimum Gasteiger partial charge on any atom is -0.342 e. The minimum atomic E-state index is 0.129. The molecule has 0 bridgehead atoms. The van der Waals surface area contributed by atoms with Gasteiger partial charge in [0.1, 0.15) is 5.82 Å². The lowest BCUT2D eigenvalue weighted by Crippen LogP contribution is -2.38. The molecular formula is C18H21N5O. The van der Waals surface area contributed by atoms with Crippen LogP contribution in [0.15, 0.2) is 36.5 Å². The van der Waals surface area contributed by atoms with Gasteiger partial charge in [0.15, 0.2) is 0 Å². The topological polar surface area (TPSA) is 77.7 Å². The highest BCUT2D eigenvalue weighted by Gasteiger charge is 2.28. The number of amides is 1. The van der Waals surface area contributed by atoms with E-state index in [1.165, 1.54) is 0 Å². The molecule has 1 aromatic carbocycles. The number of nitrogens with zero attached hydrogens (tertiary/aromatic N) is 3. The number of benzene rings is 1. The summed E-state index contributed by atoms with van der Waals surface area (Å²) in [7, 11) is 0. The fourth-order valence-corrected chi connectivity index (χ4v) is 3.50. The molecule has 0 saturated carbocycles. The van der Waals surface area contributed by atoms with E-state index < -0.39 is 0 Å². The summed E-state index contributed by atoms with van der Waals surface area (Å²) < 4.78 is 0. The van der Waals surface area contributed by atoms with Gasteiger partial charge in [-0.15, -0.1) is 0 Å². The number of rotatable bonds is 4. The lowest BCUT2D eigenvalue weighted by molar-refractivity contribution is -0.135. The standard InChI is InChI=1S/C18H21N5O/c24-18(9-8-17-20-13-5-1-2-6-14(13)21-17)23-12-4-3-7-16(23)15-10-11-19-22-15/h1-2,5-6,10-11,16H,3-4,7-9,12H2,(H,19,22)(H,20,21)/t16-/m1/s1. The number of imidazole rings is 1. The number of nitrogens with one attached hydrogen (secondary N) is 2. The molecule has 0 radical (unpaired) electrons. The molecule has 1 saturated heterocycles. The van der Waals surface area contributed by atoms with Crippen LogP contribution in [-0.2, 0) is 11.2 Å². The molecule has 1 amide bonds. The third kappa shape index (κ3) is 2.91. The number of aryl methyl sites for hydroxylation is 1. The number of piperidine rings is 1. The second-order valence-electron chi connectivity index (χ2n) is 6.31. The first-order chi connectivity index (χ1) is 11.8. The fourth-order valence-electron chi connectivity index (χ4n) is 3.50. The first kappa shape index (κ1) is 14.9. The van der Waals surface area contributed by atoms with Crippen molar-refractivity contribution in [3.8, 4) is 0 Å². The number of likely N-dealkylation sites (tertiary alicyclic amines) is 1. The van der Waals surface area contributed by atoms with E-state index in [0.29, 0.717) is 12.8 Å². The fraction of sp³-hybridized carbons (Fsp3) is 0.389. The molecule has 124 valence electrons. The van der Waals surface area contributed by atoms with Gasteiger partial charge in [0.25, 0.3) is 0 Å². The van der Waals surface area contributed by atoms with Crippen LogP contribution < -0.4 is 0 Å². The monoisotopic (exact) mass is 323 g/mol. The van der Waals surface area contributed by atoms with Gasteiger partial charge in [-0.2, -0.15) is 5.10 Å². The van der Waals surface area contributed by atoms with E-state index in [4.69, 9.17) is 0 Å². The zero-order valence-electron chi connectivity index (χ0n) is 13.5. The molecule has 0 unspecified atom stereocenters. The Balaban J connectivity index is 1.44. The molecule has 6 heteroatoms. The second kappa shape index (κ2) is 6.47. The average molecular weight is 323 g/mol. The molecule has 6 nitrogen and oxygen atoms in total. The predicted molar refractivity (Wildman–Crippen MR) is 91.3 cm³/mol. The van der Waals surface area contributed by atoms with Crippen LogP contribution >= 0.6 is 0 Å². The van der Waals surface area contributed by atoms with Crippen LogP contribution in [0.3, 0.4) is 0 Å². The maximum absolute atomic E-state index is 12.7. The Kier molecular flexibility index (Phi) is 4.02. The summed E-state index contributed by atoms with van der Waals surface area (Å²) >= 11 is 0. The molecule has 0 spiro atoms. The summed E-state index contributed by atoms with van der Waals surface area (Å²) in [6, 6.07) is 10.0. The molecule has 24 heavy (non-hydrogen) atoms. The number of aromatic amines is 2. The van der Waals surface area contributed by atoms with E-state index in [-0.39, 0.29) is 11.9 Å². The predicted octanol–water partition coefficient (Wildman–Crippen LogP) is 2.97. The average Bonchev–Trinajstić information content (AvgIpc) is 3.28. The molecule has 1 aliphatic rings. The number of hydrogen-bond donors (Lipinski definition) is 2. The van der Waals surface area contributed by atoms with Crippen LogP contribution in [0.2, 0.25) is 0 Å². The van der Waals surface area contributed by atoms with Crippen LogP contribution in [0, 0.1) is 0 Å². The lowest BCUT2D eigenvalue weighted by atomic mass is 9.99. The Hall–Kier alpha value is -2.63. The molecule has 3 aromatic rings. The zero-order chi connectivity index (χ0) is 16.4. The van der Waals surface area contributed by atoms with E-state index in [0.717, 1.165) is 48.4 Å². The van der Waals surface area contributed by atoms with E-state index in [1.54, 1.807) is 6.20 Å². The quantitative estimate of drug-likeness (QED) is 0.775. The van der Waals surface area contributed by atoms with Crippen molar-refractivity contribution in [3.05, 3.63) is 48.0 Å². The number of para-hydroxylation sites is 2. The van der Waals surface area contributed by atoms with Crippen molar-refractivity contribution in [2.45, 2.75) is 38.1 Å². The second-order valence-corrected chi connectivity index (χ2v) is 6.31. The van der Waals surface area contributed by atoms with Gasteiger partial charge in [-0.1, -0.05) is 12.1 Å². The maximum Gasteiger partial charge on any atom is 0.223 e. The zero-order valence-corrected chi connectivity index (χ0v) is 13.5. The Morgan fingerprint density at radius 2 is 2.17 bits per heavy atom. The van der Waals surface area contributed by atoms with Gasteiger partial charge in [-0.05, 0) is 37.5 Å². The summed E-state index contributed by atoms with van der Waals surface area (Å²) in [6.07, 6.45) is 6.09. The molecule has 1 fully saturated rings. The largest absolute Gasteiger partial charge is 0.342 e. The summed E-state index contributed by atoms with van der Waals surface area (Å²) in [5, 5.41) is 7.05. The van der Waals surface area contributed by atoms with Crippen molar-refractivity contribution < 1.29 is 4.79 Å². The highest BCUT2D eigenvalue weighted by Crippen LogP contribution is 2.30. The van der Waals surface area contributed by atoms with E-state index in [1.807, 2.05) is 35.2 Å². The SMILES string of the molecule is O=C(CCc1nc2ccccc2[nH]1)N1CCCC[C@@H]1c1ccn[nH]1. The highest BCUT2D eigenvalue weighted by atomic mass is 16.2. The normalized spacial score (nSPS) is 18.2. The first-order valence-electron chi connectivity index (χ1n) is 8.53. The van der Waals surface area contributed by atoms with Crippen LogP contribution in [0.25, 0.3) is 11.0 Å². The highest BCUT2D eigenvalue weighted by molar-refractivity contribution is 5.78. The number of hydrogen-bond acceptors (Lipinski definition) is 3. The van der Waals surface area contributed by atoms with Gasteiger partial charge in [0, 0.05) is 25.6 Å². The van der Waals surface area contributed by atoms with Crippen molar-refractivity contribution >= 4 is 16.9 Å². The summed E-state index contributed by atoms with van der Waals surface area (Å²) in [4.78, 5) is 22.6. The Morgan fingerprint density at radius 1 is 1.25 bits per heavy atom. The van der Waals surface area contributed by atoms with Gasteiger partial charge < -0.3 is 9.88 Å². The van der Waals surface area contributed by atoms with Crippen LogP contribution in [0.4, 0.5) is 0 Å². The van der Waals surface area contributed by atoms with Crippen molar-refractivity contribution in [1.29, 1.82) is 0 Å². The molecule has 1 aliphatic heterocycles. The van der Waals surface area contributed by atoms with E-state index in [2.05, 4.69) is 20.2 Å². The van der Waals surface area contributed by atoms with Crippen molar-refractivity contribution in [3.63, 3.8) is 0 Å². The Morgan fingerprint density at radius 3 is 3.00 bits per heavy atom. The molecular weight excluding hydrogens is 302 g/mol. The molecule has 4 rings (SSSR count). The van der Waals surface area contributed by atoms with Crippen LogP contribution in [0.1, 0.15) is 43.2 Å². The molecule has 2 aromatic heterocycles. The van der Waals surface area contributed by atoms with E-state index in [9.17, 15) is 4.79 Å². The molecule has 0 aliphatic carbocycles.